The van der Waals surface area contributed by atoms with E-state index in [1.54, 1.807) is 25.4 Å². The largest absolute Gasteiger partial charge is 0.460 e. The molecule has 0 fully saturated rings. The van der Waals surface area contributed by atoms with E-state index in [2.05, 4.69) is 31.2 Å². The van der Waals surface area contributed by atoms with Crippen molar-refractivity contribution in [3.05, 3.63) is 62.5 Å². The molecule has 1 aromatic heterocycles. The minimum atomic E-state index is -1.14. The summed E-state index contributed by atoms with van der Waals surface area (Å²) in [6.07, 6.45) is 0.143. The third kappa shape index (κ3) is 5.54. The van der Waals surface area contributed by atoms with Gasteiger partial charge in [0, 0.05) is 33.2 Å². The summed E-state index contributed by atoms with van der Waals surface area (Å²) in [5.41, 5.74) is 1.01. The number of esters is 2. The fourth-order valence-electron chi connectivity index (χ4n) is 2.94. The second kappa shape index (κ2) is 10.5. The highest BCUT2D eigenvalue weighted by atomic mass is 79.9. The van der Waals surface area contributed by atoms with Gasteiger partial charge in [-0.25, -0.2) is 19.0 Å². The Labute approximate surface area is 201 Å². The Morgan fingerprint density at radius 1 is 1.31 bits per heavy atom. The summed E-state index contributed by atoms with van der Waals surface area (Å²) in [6, 6.07) is 2.95. The van der Waals surface area contributed by atoms with Crippen molar-refractivity contribution in [1.82, 2.24) is 10.3 Å². The van der Waals surface area contributed by atoms with Crippen LogP contribution in [-0.4, -0.2) is 40.3 Å². The maximum absolute atomic E-state index is 13.7. The van der Waals surface area contributed by atoms with E-state index < -0.39 is 29.9 Å². The van der Waals surface area contributed by atoms with E-state index in [1.807, 2.05) is 0 Å². The smallest absolute Gasteiger partial charge is 0.347 e. The number of carbonyl (C=O) groups is 2. The molecule has 1 aromatic carbocycles. The third-order valence-corrected chi connectivity index (χ3v) is 6.01. The molecule has 7 nitrogen and oxygen atoms in total. The van der Waals surface area contributed by atoms with Crippen LogP contribution in [-0.2, 0) is 19.1 Å². The zero-order chi connectivity index (χ0) is 23.4. The predicted molar refractivity (Wildman–Crippen MR) is 124 cm³/mol. The molecule has 0 radical (unpaired) electrons. The van der Waals surface area contributed by atoms with Crippen LogP contribution in [0.1, 0.15) is 37.4 Å². The third-order valence-electron chi connectivity index (χ3n) is 4.34. The maximum atomic E-state index is 13.7. The number of ether oxygens (including phenoxy) is 2. The van der Waals surface area contributed by atoms with Crippen molar-refractivity contribution in [3.8, 4) is 0 Å². The number of rotatable bonds is 7. The van der Waals surface area contributed by atoms with E-state index in [0.717, 1.165) is 6.07 Å². The first-order valence-electron chi connectivity index (χ1n) is 9.61. The van der Waals surface area contributed by atoms with Crippen molar-refractivity contribution in [2.75, 3.05) is 5.33 Å². The molecule has 170 valence electrons. The number of aliphatic imine (C=N–C) groups is 1. The monoisotopic (exact) mass is 543 g/mol. The van der Waals surface area contributed by atoms with Gasteiger partial charge in [-0.05, 0) is 32.9 Å². The van der Waals surface area contributed by atoms with Crippen LogP contribution < -0.4 is 5.32 Å². The Kier molecular flexibility index (Phi) is 8.02. The van der Waals surface area contributed by atoms with Crippen LogP contribution in [0, 0.1) is 5.82 Å². The van der Waals surface area contributed by atoms with Gasteiger partial charge >= 0.3 is 11.9 Å². The number of aromatic nitrogens is 1. The van der Waals surface area contributed by atoms with Crippen molar-refractivity contribution in [1.29, 1.82) is 0 Å². The van der Waals surface area contributed by atoms with Crippen LogP contribution in [0.3, 0.4) is 0 Å². The van der Waals surface area contributed by atoms with Crippen molar-refractivity contribution >= 4 is 56.6 Å². The Bertz CT molecular complexity index is 1080. The van der Waals surface area contributed by atoms with Crippen molar-refractivity contribution in [2.45, 2.75) is 39.0 Å². The SMILES string of the molecule is CC(C)OC(=O)[C@H](C)OC(=O)C1=C(CBr)NC(c2nccs2)=NC1c1ccc(F)cc1Cl. The van der Waals surface area contributed by atoms with Gasteiger partial charge in [-0.15, -0.1) is 11.3 Å². The lowest BCUT2D eigenvalue weighted by Gasteiger charge is -2.27. The fourth-order valence-corrected chi connectivity index (χ4v) is 4.24. The first-order valence-corrected chi connectivity index (χ1v) is 12.0. The summed E-state index contributed by atoms with van der Waals surface area (Å²) in [7, 11) is 0. The molecule has 11 heteroatoms. The van der Waals surface area contributed by atoms with Gasteiger partial charge in [-0.1, -0.05) is 33.6 Å². The number of hydrogen-bond acceptors (Lipinski definition) is 8. The molecule has 32 heavy (non-hydrogen) atoms. The number of nitrogens with one attached hydrogen (secondary N) is 1. The van der Waals surface area contributed by atoms with Crippen molar-refractivity contribution in [3.63, 3.8) is 0 Å². The van der Waals surface area contributed by atoms with Crippen LogP contribution in [0.2, 0.25) is 5.02 Å². The number of alkyl halides is 1. The highest BCUT2D eigenvalue weighted by molar-refractivity contribution is 9.09. The number of thiazole rings is 1. The molecular weight excluding hydrogens is 525 g/mol. The quantitative estimate of drug-likeness (QED) is 0.406. The summed E-state index contributed by atoms with van der Waals surface area (Å²) in [5, 5.41) is 5.85. The fraction of sp³-hybridized carbons (Fsp3) is 0.333. The Morgan fingerprint density at radius 3 is 2.66 bits per heavy atom. The molecule has 2 aromatic rings. The molecule has 0 amide bonds. The number of amidine groups is 1. The van der Waals surface area contributed by atoms with Gasteiger partial charge in [-0.3, -0.25) is 4.99 Å². The van der Waals surface area contributed by atoms with Crippen molar-refractivity contribution < 1.29 is 23.5 Å². The predicted octanol–water partition coefficient (Wildman–Crippen LogP) is 4.56. The van der Waals surface area contributed by atoms with Gasteiger partial charge in [0.25, 0.3) is 0 Å². The Balaban J connectivity index is 2.02. The molecule has 1 aliphatic heterocycles. The molecule has 1 N–H and O–H groups in total. The minimum Gasteiger partial charge on any atom is -0.460 e. The van der Waals surface area contributed by atoms with Crippen LogP contribution >= 0.6 is 38.9 Å². The molecule has 1 unspecified atom stereocenters. The molecule has 0 bridgehead atoms. The summed E-state index contributed by atoms with van der Waals surface area (Å²) in [5.74, 6) is -1.52. The molecular formula is C21H20BrClFN3O4S. The van der Waals surface area contributed by atoms with Gasteiger partial charge in [0.1, 0.15) is 11.9 Å². The zero-order valence-corrected chi connectivity index (χ0v) is 20.6. The lowest BCUT2D eigenvalue weighted by Crippen LogP contribution is -2.36. The molecule has 2 atom stereocenters. The minimum absolute atomic E-state index is 0.102. The highest BCUT2D eigenvalue weighted by Gasteiger charge is 2.35. The number of allylic oxidation sites excluding steroid dienone is 1. The van der Waals surface area contributed by atoms with E-state index in [9.17, 15) is 14.0 Å². The van der Waals surface area contributed by atoms with E-state index in [0.29, 0.717) is 22.1 Å². The van der Waals surface area contributed by atoms with Gasteiger partial charge in [0.15, 0.2) is 16.9 Å². The molecule has 0 spiro atoms. The van der Waals surface area contributed by atoms with Gasteiger partial charge in [0.2, 0.25) is 0 Å². The number of benzene rings is 1. The van der Waals surface area contributed by atoms with E-state index in [-0.39, 0.29) is 22.0 Å². The van der Waals surface area contributed by atoms with Crippen LogP contribution in [0.25, 0.3) is 0 Å². The summed E-state index contributed by atoms with van der Waals surface area (Å²) in [4.78, 5) is 34.2. The number of hydrogen-bond donors (Lipinski definition) is 1. The molecule has 3 rings (SSSR count). The molecule has 0 saturated heterocycles. The van der Waals surface area contributed by atoms with Crippen LogP contribution in [0.5, 0.6) is 0 Å². The van der Waals surface area contributed by atoms with Gasteiger partial charge < -0.3 is 14.8 Å². The Hall–Kier alpha value is -2.30. The van der Waals surface area contributed by atoms with E-state index >= 15 is 0 Å². The van der Waals surface area contributed by atoms with Crippen LogP contribution in [0.4, 0.5) is 4.39 Å². The summed E-state index contributed by atoms with van der Waals surface area (Å²) >= 11 is 11.1. The topological polar surface area (TPSA) is 89.9 Å². The van der Waals surface area contributed by atoms with Gasteiger partial charge in [-0.2, -0.15) is 0 Å². The zero-order valence-electron chi connectivity index (χ0n) is 17.4. The van der Waals surface area contributed by atoms with E-state index in [4.69, 9.17) is 21.1 Å². The second-order valence-corrected chi connectivity index (χ2v) is 8.93. The lowest BCUT2D eigenvalue weighted by atomic mass is 9.96. The lowest BCUT2D eigenvalue weighted by molar-refractivity contribution is -0.167. The molecule has 0 aliphatic carbocycles. The average Bonchev–Trinajstić information content (AvgIpc) is 3.27. The number of halogens is 3. The second-order valence-electron chi connectivity index (χ2n) is 7.07. The summed E-state index contributed by atoms with van der Waals surface area (Å²) < 4.78 is 24.2. The highest BCUT2D eigenvalue weighted by Crippen LogP contribution is 2.37. The standard InChI is InChI=1S/C21H20BrClFN3O4S/c1-10(2)30-20(28)11(3)31-21(29)16-15(9-22)26-18(19-25-6-7-32-19)27-17(16)13-5-4-12(24)8-14(13)23/h4-8,10-11,17H,9H2,1-3H3,(H,26,27)/t11-,17?/m0/s1. The molecule has 0 saturated carbocycles. The summed E-state index contributed by atoms with van der Waals surface area (Å²) in [6.45, 7) is 4.83. The first kappa shape index (κ1) is 24.3. The molecule has 2 heterocycles. The Morgan fingerprint density at radius 2 is 2.06 bits per heavy atom. The normalized spacial score (nSPS) is 17.0. The van der Waals surface area contributed by atoms with Crippen molar-refractivity contribution in [2.24, 2.45) is 4.99 Å². The first-order chi connectivity index (χ1) is 15.2. The van der Waals surface area contributed by atoms with Gasteiger partial charge in [0.05, 0.1) is 11.7 Å². The maximum Gasteiger partial charge on any atom is 0.347 e. The number of nitrogens with zero attached hydrogens (tertiary/aromatic N) is 2. The number of carbonyl (C=O) groups excluding carboxylic acids is 2. The average molecular weight is 545 g/mol. The van der Waals surface area contributed by atoms with E-state index in [1.165, 1.54) is 30.4 Å². The van der Waals surface area contributed by atoms with Crippen LogP contribution in [0.15, 0.2) is 46.0 Å². The molecule has 1 aliphatic rings.